The van der Waals surface area contributed by atoms with Gasteiger partial charge in [0.05, 0.1) is 24.9 Å². The van der Waals surface area contributed by atoms with E-state index in [1.807, 2.05) is 0 Å². The molecule has 0 saturated carbocycles. The van der Waals surface area contributed by atoms with Crippen LogP contribution < -0.4 is 0 Å². The van der Waals surface area contributed by atoms with Crippen LogP contribution in [0.4, 0.5) is 0 Å². The van der Waals surface area contributed by atoms with Crippen molar-refractivity contribution in [2.75, 3.05) is 26.0 Å². The van der Waals surface area contributed by atoms with Gasteiger partial charge in [0, 0.05) is 13.1 Å². The van der Waals surface area contributed by atoms with Crippen molar-refractivity contribution in [1.29, 1.82) is 0 Å². The van der Waals surface area contributed by atoms with Crippen molar-refractivity contribution in [3.05, 3.63) is 0 Å². The summed E-state index contributed by atoms with van der Waals surface area (Å²) in [5.74, 6) is -0.815. The van der Waals surface area contributed by atoms with Gasteiger partial charge >= 0.3 is 5.97 Å². The van der Waals surface area contributed by atoms with Crippen LogP contribution in [0.25, 0.3) is 0 Å². The van der Waals surface area contributed by atoms with Crippen LogP contribution in [0.1, 0.15) is 19.8 Å². The molecule has 1 rings (SSSR count). The van der Waals surface area contributed by atoms with Gasteiger partial charge in [-0.1, -0.05) is 0 Å². The summed E-state index contributed by atoms with van der Waals surface area (Å²) in [6.07, 6.45) is 0.266. The summed E-state index contributed by atoms with van der Waals surface area (Å²) in [5.41, 5.74) is -0.960. The number of methoxy groups -OCH3 is 1. The van der Waals surface area contributed by atoms with Crippen LogP contribution in [0, 0.1) is 0 Å². The Morgan fingerprint density at radius 3 is 2.62 bits per heavy atom. The molecule has 94 valence electrons. The highest BCUT2D eigenvalue weighted by atomic mass is 32.2. The lowest BCUT2D eigenvalue weighted by Gasteiger charge is -2.18. The summed E-state index contributed by atoms with van der Waals surface area (Å²) in [6.45, 7) is 2.00. The average molecular weight is 251 g/mol. The van der Waals surface area contributed by atoms with Crippen molar-refractivity contribution in [3.8, 4) is 0 Å². The number of carbonyl (C=O) groups excluding carboxylic acids is 1. The predicted octanol–water partition coefficient (Wildman–Crippen LogP) is -0.664. The van der Waals surface area contributed by atoms with E-state index in [2.05, 4.69) is 4.74 Å². The number of carbonyl (C=O) groups is 1. The van der Waals surface area contributed by atoms with Gasteiger partial charge in [0.25, 0.3) is 0 Å². The van der Waals surface area contributed by atoms with E-state index in [4.69, 9.17) is 0 Å². The summed E-state index contributed by atoms with van der Waals surface area (Å²) < 4.78 is 29.1. The predicted molar refractivity (Wildman–Crippen MR) is 57.2 cm³/mol. The van der Waals surface area contributed by atoms with Gasteiger partial charge in [0.1, 0.15) is 0 Å². The van der Waals surface area contributed by atoms with Crippen LogP contribution in [-0.2, 0) is 19.6 Å². The van der Waals surface area contributed by atoms with E-state index in [-0.39, 0.29) is 18.7 Å². The van der Waals surface area contributed by atoms with Crippen molar-refractivity contribution >= 4 is 16.0 Å². The van der Waals surface area contributed by atoms with E-state index in [1.54, 1.807) is 6.92 Å². The maximum atomic E-state index is 11.7. The number of esters is 1. The highest BCUT2D eigenvalue weighted by molar-refractivity contribution is 7.89. The number of β-amino-alcohol motifs (C(OH)–C–C–N with tert-alkyl or cyclic N) is 1. The molecule has 0 aliphatic carbocycles. The van der Waals surface area contributed by atoms with E-state index in [9.17, 15) is 18.3 Å². The normalized spacial score (nSPS) is 26.9. The lowest BCUT2D eigenvalue weighted by atomic mass is 10.1. The molecule has 1 saturated heterocycles. The van der Waals surface area contributed by atoms with Crippen molar-refractivity contribution in [2.24, 2.45) is 0 Å². The lowest BCUT2D eigenvalue weighted by molar-refractivity contribution is -0.140. The van der Waals surface area contributed by atoms with Crippen LogP contribution in [0.3, 0.4) is 0 Å². The first-order valence-electron chi connectivity index (χ1n) is 5.04. The van der Waals surface area contributed by atoms with E-state index < -0.39 is 21.6 Å². The standard InChI is InChI=1S/C9H17NO5S/c1-9(12)4-5-10(7-9)16(13,14)6-3-8(11)15-2/h12H,3-7H2,1-2H3. The molecule has 0 spiro atoms. The highest BCUT2D eigenvalue weighted by Gasteiger charge is 2.37. The molecule has 1 unspecified atom stereocenters. The van der Waals surface area contributed by atoms with E-state index in [0.29, 0.717) is 13.0 Å². The molecule has 0 aromatic carbocycles. The van der Waals surface area contributed by atoms with Crippen LogP contribution >= 0.6 is 0 Å². The average Bonchev–Trinajstić information content (AvgIpc) is 2.56. The van der Waals surface area contributed by atoms with Crippen LogP contribution in [0.15, 0.2) is 0 Å². The molecule has 1 N–H and O–H groups in total. The Hall–Kier alpha value is -0.660. The zero-order valence-corrected chi connectivity index (χ0v) is 10.3. The molecular weight excluding hydrogens is 234 g/mol. The first kappa shape index (κ1) is 13.4. The molecule has 1 fully saturated rings. The van der Waals surface area contributed by atoms with Gasteiger partial charge in [0.2, 0.25) is 10.0 Å². The molecule has 6 nitrogen and oxygen atoms in total. The fraction of sp³-hybridized carbons (Fsp3) is 0.889. The Morgan fingerprint density at radius 2 is 2.19 bits per heavy atom. The zero-order valence-electron chi connectivity index (χ0n) is 9.47. The zero-order chi connectivity index (χ0) is 12.4. The molecule has 1 aliphatic rings. The fourth-order valence-electron chi connectivity index (χ4n) is 1.58. The second-order valence-electron chi connectivity index (χ2n) is 4.22. The number of aliphatic hydroxyl groups is 1. The fourth-order valence-corrected chi connectivity index (χ4v) is 3.11. The third-order valence-corrected chi connectivity index (χ3v) is 4.42. The largest absolute Gasteiger partial charge is 0.469 e. The summed E-state index contributed by atoms with van der Waals surface area (Å²) in [7, 11) is -2.25. The van der Waals surface area contributed by atoms with Crippen LogP contribution in [0.5, 0.6) is 0 Å². The molecule has 1 aliphatic heterocycles. The SMILES string of the molecule is COC(=O)CCS(=O)(=O)N1CCC(C)(O)C1. The minimum atomic E-state index is -3.46. The third kappa shape index (κ3) is 3.43. The van der Waals surface area contributed by atoms with Gasteiger partial charge in [-0.2, -0.15) is 4.31 Å². The smallest absolute Gasteiger partial charge is 0.306 e. The lowest BCUT2D eigenvalue weighted by Crippen LogP contribution is -2.35. The Bertz CT molecular complexity index is 362. The molecule has 0 aromatic heterocycles. The van der Waals surface area contributed by atoms with Gasteiger partial charge in [-0.05, 0) is 13.3 Å². The number of rotatable bonds is 4. The maximum absolute atomic E-state index is 11.7. The maximum Gasteiger partial charge on any atom is 0.306 e. The van der Waals surface area contributed by atoms with E-state index in [1.165, 1.54) is 11.4 Å². The van der Waals surface area contributed by atoms with Crippen molar-refractivity contribution < 1.29 is 23.1 Å². The molecule has 7 heteroatoms. The van der Waals surface area contributed by atoms with E-state index >= 15 is 0 Å². The monoisotopic (exact) mass is 251 g/mol. The molecule has 0 radical (unpaired) electrons. The molecule has 1 heterocycles. The number of nitrogens with zero attached hydrogens (tertiary/aromatic N) is 1. The molecule has 0 amide bonds. The summed E-state index contributed by atoms with van der Waals surface area (Å²) in [6, 6.07) is 0. The second-order valence-corrected chi connectivity index (χ2v) is 6.31. The Labute approximate surface area is 95.2 Å². The van der Waals surface area contributed by atoms with Crippen molar-refractivity contribution in [3.63, 3.8) is 0 Å². The number of hydrogen-bond acceptors (Lipinski definition) is 5. The topological polar surface area (TPSA) is 83.9 Å². The van der Waals surface area contributed by atoms with Gasteiger partial charge in [-0.15, -0.1) is 0 Å². The Balaban J connectivity index is 2.56. The molecular formula is C9H17NO5S. The van der Waals surface area contributed by atoms with Crippen molar-refractivity contribution in [1.82, 2.24) is 4.31 Å². The molecule has 0 aromatic rings. The number of sulfonamides is 1. The third-order valence-electron chi connectivity index (χ3n) is 2.60. The summed E-state index contributed by atoms with van der Waals surface area (Å²) >= 11 is 0. The Morgan fingerprint density at radius 1 is 1.56 bits per heavy atom. The van der Waals surface area contributed by atoms with Gasteiger partial charge < -0.3 is 9.84 Å². The number of hydrogen-bond donors (Lipinski definition) is 1. The molecule has 16 heavy (non-hydrogen) atoms. The Kier molecular flexibility index (Phi) is 3.92. The van der Waals surface area contributed by atoms with Gasteiger partial charge in [-0.25, -0.2) is 8.42 Å². The summed E-state index contributed by atoms with van der Waals surface area (Å²) in [5, 5.41) is 9.65. The molecule has 0 bridgehead atoms. The minimum Gasteiger partial charge on any atom is -0.469 e. The first-order chi connectivity index (χ1) is 7.27. The van der Waals surface area contributed by atoms with Gasteiger partial charge in [-0.3, -0.25) is 4.79 Å². The second kappa shape index (κ2) is 4.68. The van der Waals surface area contributed by atoms with Crippen molar-refractivity contribution in [2.45, 2.75) is 25.4 Å². The van der Waals surface area contributed by atoms with Crippen LogP contribution in [0.2, 0.25) is 0 Å². The van der Waals surface area contributed by atoms with Crippen LogP contribution in [-0.4, -0.2) is 55.4 Å². The van der Waals surface area contributed by atoms with E-state index in [0.717, 1.165) is 0 Å². The highest BCUT2D eigenvalue weighted by Crippen LogP contribution is 2.23. The quantitative estimate of drug-likeness (QED) is 0.670. The summed E-state index contributed by atoms with van der Waals surface area (Å²) in [4.78, 5) is 10.8. The first-order valence-corrected chi connectivity index (χ1v) is 6.65. The minimum absolute atomic E-state index is 0.0938. The number of ether oxygens (including phenoxy) is 1. The molecule has 1 atom stereocenters. The van der Waals surface area contributed by atoms with Gasteiger partial charge in [0.15, 0.2) is 0 Å².